The zero-order chi connectivity index (χ0) is 10.3. The third kappa shape index (κ3) is 1.70. The predicted molar refractivity (Wildman–Crippen MR) is 58.2 cm³/mol. The van der Waals surface area contributed by atoms with Crippen molar-refractivity contribution in [2.45, 2.75) is 18.4 Å². The number of hydrogen-bond acceptors (Lipinski definition) is 3. The number of nitrogens with one attached hydrogen (secondary N) is 1. The van der Waals surface area contributed by atoms with E-state index in [1.165, 1.54) is 12.8 Å². The minimum atomic E-state index is 0.266. The Morgan fingerprint density at radius 3 is 3.20 bits per heavy atom. The van der Waals surface area contributed by atoms with Crippen LogP contribution in [0.5, 0.6) is 5.75 Å². The van der Waals surface area contributed by atoms with Gasteiger partial charge in [-0.05, 0) is 25.3 Å². The molecule has 2 heterocycles. The number of fused-ring (bicyclic) bond motifs is 1. The van der Waals surface area contributed by atoms with Crippen molar-refractivity contribution >= 4 is 11.6 Å². The van der Waals surface area contributed by atoms with Crippen molar-refractivity contribution in [2.24, 2.45) is 5.92 Å². The van der Waals surface area contributed by atoms with Crippen molar-refractivity contribution in [3.63, 3.8) is 0 Å². The molecule has 0 amide bonds. The molecule has 0 unspecified atom stereocenters. The summed E-state index contributed by atoms with van der Waals surface area (Å²) in [7, 11) is 0. The summed E-state index contributed by atoms with van der Waals surface area (Å²) in [4.78, 5) is 3.99. The summed E-state index contributed by atoms with van der Waals surface area (Å²) in [6, 6.07) is 1.80. The van der Waals surface area contributed by atoms with Gasteiger partial charge in [-0.3, -0.25) is 4.98 Å². The monoisotopic (exact) mass is 224 g/mol. The van der Waals surface area contributed by atoms with E-state index in [2.05, 4.69) is 10.3 Å². The molecule has 1 aliphatic heterocycles. The van der Waals surface area contributed by atoms with Crippen LogP contribution in [0.2, 0.25) is 5.02 Å². The van der Waals surface area contributed by atoms with Crippen LogP contribution in [0.4, 0.5) is 0 Å². The molecule has 0 spiro atoms. The van der Waals surface area contributed by atoms with Crippen LogP contribution in [0.1, 0.15) is 12.8 Å². The summed E-state index contributed by atoms with van der Waals surface area (Å²) in [5.74, 6) is 1.58. The quantitative estimate of drug-likeness (QED) is 0.851. The SMILES string of the molecule is Clc1cncc(OC[C@]23C[C@H]2CCN3)c1. The fourth-order valence-corrected chi connectivity index (χ4v) is 2.55. The predicted octanol–water partition coefficient (Wildman–Crippen LogP) is 1.87. The average Bonchev–Trinajstić information content (AvgIpc) is 2.79. The molecule has 0 aromatic carbocycles. The van der Waals surface area contributed by atoms with Crippen LogP contribution in [0, 0.1) is 5.92 Å². The Balaban J connectivity index is 1.62. The molecule has 2 atom stereocenters. The lowest BCUT2D eigenvalue weighted by Crippen LogP contribution is -2.34. The molecular weight excluding hydrogens is 212 g/mol. The van der Waals surface area contributed by atoms with Gasteiger partial charge in [-0.2, -0.15) is 0 Å². The number of nitrogens with zero attached hydrogens (tertiary/aromatic N) is 1. The van der Waals surface area contributed by atoms with Crippen LogP contribution in [0.15, 0.2) is 18.5 Å². The van der Waals surface area contributed by atoms with Crippen molar-refractivity contribution < 1.29 is 4.74 Å². The van der Waals surface area contributed by atoms with E-state index in [1.807, 2.05) is 0 Å². The molecule has 3 rings (SSSR count). The Hall–Kier alpha value is -0.800. The molecule has 1 saturated carbocycles. The highest BCUT2D eigenvalue weighted by molar-refractivity contribution is 6.30. The van der Waals surface area contributed by atoms with E-state index in [-0.39, 0.29) is 5.54 Å². The zero-order valence-corrected chi connectivity index (χ0v) is 9.13. The van der Waals surface area contributed by atoms with Crippen LogP contribution < -0.4 is 10.1 Å². The number of rotatable bonds is 3. The van der Waals surface area contributed by atoms with E-state index < -0.39 is 0 Å². The van der Waals surface area contributed by atoms with Crippen molar-refractivity contribution in [2.75, 3.05) is 13.2 Å². The van der Waals surface area contributed by atoms with Gasteiger partial charge in [0.05, 0.1) is 16.8 Å². The lowest BCUT2D eigenvalue weighted by Gasteiger charge is -2.14. The molecule has 1 aromatic rings. The summed E-state index contributed by atoms with van der Waals surface area (Å²) < 4.78 is 5.71. The molecule has 1 N–H and O–H groups in total. The largest absolute Gasteiger partial charge is 0.490 e. The second-order valence-electron chi connectivity index (χ2n) is 4.40. The lowest BCUT2D eigenvalue weighted by atomic mass is 10.2. The molecule has 80 valence electrons. The Morgan fingerprint density at radius 2 is 2.53 bits per heavy atom. The van der Waals surface area contributed by atoms with Crippen LogP contribution in [-0.4, -0.2) is 23.7 Å². The minimum absolute atomic E-state index is 0.266. The van der Waals surface area contributed by atoms with Crippen LogP contribution in [-0.2, 0) is 0 Å². The molecule has 0 bridgehead atoms. The van der Waals surface area contributed by atoms with Gasteiger partial charge >= 0.3 is 0 Å². The Labute approximate surface area is 93.8 Å². The summed E-state index contributed by atoms with van der Waals surface area (Å²) in [6.07, 6.45) is 5.85. The van der Waals surface area contributed by atoms with Crippen LogP contribution >= 0.6 is 11.6 Å². The normalized spacial score (nSPS) is 32.5. The average molecular weight is 225 g/mol. The van der Waals surface area contributed by atoms with E-state index in [0.717, 1.165) is 24.8 Å². The molecule has 15 heavy (non-hydrogen) atoms. The highest BCUT2D eigenvalue weighted by atomic mass is 35.5. The maximum atomic E-state index is 5.83. The fourth-order valence-electron chi connectivity index (χ4n) is 2.38. The lowest BCUT2D eigenvalue weighted by molar-refractivity contribution is 0.257. The Kier molecular flexibility index (Phi) is 2.11. The second-order valence-corrected chi connectivity index (χ2v) is 4.84. The molecule has 4 heteroatoms. The number of halogens is 1. The third-order valence-corrected chi connectivity index (χ3v) is 3.58. The van der Waals surface area contributed by atoms with Gasteiger partial charge in [0.1, 0.15) is 12.4 Å². The molecule has 3 nitrogen and oxygen atoms in total. The Morgan fingerprint density at radius 1 is 1.60 bits per heavy atom. The summed E-state index contributed by atoms with van der Waals surface area (Å²) in [6.45, 7) is 1.86. The molecule has 2 fully saturated rings. The van der Waals surface area contributed by atoms with E-state index in [9.17, 15) is 0 Å². The fraction of sp³-hybridized carbons (Fsp3) is 0.545. The first kappa shape index (κ1) is 9.43. The van der Waals surface area contributed by atoms with Crippen molar-refractivity contribution in [3.05, 3.63) is 23.5 Å². The standard InChI is InChI=1S/C11H13ClN2O/c12-9-3-10(6-13-5-9)15-7-11-4-8(11)1-2-14-11/h3,5-6,8,14H,1-2,4,7H2/t8-,11-/m1/s1. The molecule has 2 aliphatic rings. The first-order valence-corrected chi connectivity index (χ1v) is 5.65. The molecule has 1 aromatic heterocycles. The first-order valence-electron chi connectivity index (χ1n) is 5.27. The van der Waals surface area contributed by atoms with Gasteiger partial charge in [-0.1, -0.05) is 11.6 Å². The van der Waals surface area contributed by atoms with Crippen molar-refractivity contribution in [3.8, 4) is 5.75 Å². The molecule has 0 radical (unpaired) electrons. The minimum Gasteiger partial charge on any atom is -0.490 e. The Bertz CT molecular complexity index is 385. The van der Waals surface area contributed by atoms with Crippen LogP contribution in [0.3, 0.4) is 0 Å². The molecule has 1 saturated heterocycles. The van der Waals surface area contributed by atoms with Gasteiger partial charge in [0, 0.05) is 12.3 Å². The van der Waals surface area contributed by atoms with Crippen molar-refractivity contribution in [1.29, 1.82) is 0 Å². The molecule has 1 aliphatic carbocycles. The van der Waals surface area contributed by atoms with Gasteiger partial charge in [0.2, 0.25) is 0 Å². The number of ether oxygens (including phenoxy) is 1. The topological polar surface area (TPSA) is 34.1 Å². The van der Waals surface area contributed by atoms with Crippen LogP contribution in [0.25, 0.3) is 0 Å². The summed E-state index contributed by atoms with van der Waals surface area (Å²) in [5, 5.41) is 4.14. The smallest absolute Gasteiger partial charge is 0.139 e. The van der Waals surface area contributed by atoms with Crippen molar-refractivity contribution in [1.82, 2.24) is 10.3 Å². The number of aromatic nitrogens is 1. The van der Waals surface area contributed by atoms with Gasteiger partial charge < -0.3 is 10.1 Å². The van der Waals surface area contributed by atoms with Gasteiger partial charge in [-0.25, -0.2) is 0 Å². The number of hydrogen-bond donors (Lipinski definition) is 1. The maximum absolute atomic E-state index is 5.83. The summed E-state index contributed by atoms with van der Waals surface area (Å²) in [5.41, 5.74) is 0.266. The molecular formula is C11H13ClN2O. The number of pyridine rings is 1. The third-order valence-electron chi connectivity index (χ3n) is 3.38. The maximum Gasteiger partial charge on any atom is 0.139 e. The van der Waals surface area contributed by atoms with E-state index in [0.29, 0.717) is 5.02 Å². The second kappa shape index (κ2) is 3.35. The number of piperidine rings is 1. The zero-order valence-electron chi connectivity index (χ0n) is 8.37. The van der Waals surface area contributed by atoms with Gasteiger partial charge in [0.25, 0.3) is 0 Å². The highest BCUT2D eigenvalue weighted by Crippen LogP contribution is 2.49. The first-order chi connectivity index (χ1) is 7.28. The van der Waals surface area contributed by atoms with E-state index >= 15 is 0 Å². The van der Waals surface area contributed by atoms with Gasteiger partial charge in [0.15, 0.2) is 0 Å². The van der Waals surface area contributed by atoms with E-state index in [1.54, 1.807) is 18.5 Å². The van der Waals surface area contributed by atoms with E-state index in [4.69, 9.17) is 16.3 Å². The summed E-state index contributed by atoms with van der Waals surface area (Å²) >= 11 is 5.83. The highest BCUT2D eigenvalue weighted by Gasteiger charge is 2.57. The van der Waals surface area contributed by atoms with Gasteiger partial charge in [-0.15, -0.1) is 0 Å².